The number of rotatable bonds is 6. The topological polar surface area (TPSA) is 92.9 Å². The molecule has 0 bridgehead atoms. The molecule has 0 unspecified atom stereocenters. The number of carbonyl (C=O) groups excluding carboxylic acids is 2. The second-order valence-electron chi connectivity index (χ2n) is 3.60. The van der Waals surface area contributed by atoms with Crippen molar-refractivity contribution in [2.75, 3.05) is 20.2 Å². The Hall–Kier alpha value is -2.08. The summed E-state index contributed by atoms with van der Waals surface area (Å²) < 4.78 is 5.00. The van der Waals surface area contributed by atoms with E-state index >= 15 is 0 Å². The number of imide groups is 1. The SMILES string of the molecule is COc1cccc(O)c1C(=O)N(C=O)CCCN. The average molecular weight is 252 g/mol. The summed E-state index contributed by atoms with van der Waals surface area (Å²) in [7, 11) is 1.39. The zero-order chi connectivity index (χ0) is 13.5. The van der Waals surface area contributed by atoms with E-state index in [1.54, 1.807) is 12.1 Å². The Kier molecular flexibility index (Phi) is 5.13. The summed E-state index contributed by atoms with van der Waals surface area (Å²) in [6, 6.07) is 4.45. The minimum atomic E-state index is -0.603. The molecule has 0 fully saturated rings. The van der Waals surface area contributed by atoms with Crippen LogP contribution in [0.4, 0.5) is 0 Å². The Morgan fingerprint density at radius 3 is 2.83 bits per heavy atom. The molecule has 0 saturated carbocycles. The molecule has 6 heteroatoms. The maximum Gasteiger partial charge on any atom is 0.267 e. The van der Waals surface area contributed by atoms with Crippen LogP contribution >= 0.6 is 0 Å². The van der Waals surface area contributed by atoms with Gasteiger partial charge in [0.25, 0.3) is 5.91 Å². The number of carbonyl (C=O) groups is 2. The first-order chi connectivity index (χ1) is 8.65. The van der Waals surface area contributed by atoms with Crippen LogP contribution in [0, 0.1) is 0 Å². The van der Waals surface area contributed by atoms with E-state index < -0.39 is 5.91 Å². The van der Waals surface area contributed by atoms with Crippen LogP contribution in [0.25, 0.3) is 0 Å². The summed E-state index contributed by atoms with van der Waals surface area (Å²) in [4.78, 5) is 23.9. The highest BCUT2D eigenvalue weighted by atomic mass is 16.5. The number of nitrogens with zero attached hydrogens (tertiary/aromatic N) is 1. The minimum absolute atomic E-state index is 0.0240. The zero-order valence-electron chi connectivity index (χ0n) is 10.1. The van der Waals surface area contributed by atoms with Gasteiger partial charge in [0.1, 0.15) is 17.1 Å². The van der Waals surface area contributed by atoms with Crippen LogP contribution < -0.4 is 10.5 Å². The first-order valence-electron chi connectivity index (χ1n) is 5.48. The van der Waals surface area contributed by atoms with Crippen LogP contribution in [-0.4, -0.2) is 42.5 Å². The molecule has 1 rings (SSSR count). The van der Waals surface area contributed by atoms with Gasteiger partial charge < -0.3 is 15.6 Å². The fraction of sp³-hybridized carbons (Fsp3) is 0.333. The number of methoxy groups -OCH3 is 1. The number of hydrogen-bond acceptors (Lipinski definition) is 5. The lowest BCUT2D eigenvalue weighted by Crippen LogP contribution is -2.32. The van der Waals surface area contributed by atoms with Crippen LogP contribution in [0.5, 0.6) is 11.5 Å². The molecule has 0 atom stereocenters. The van der Waals surface area contributed by atoms with E-state index in [-0.39, 0.29) is 23.6 Å². The Morgan fingerprint density at radius 1 is 1.56 bits per heavy atom. The molecule has 6 nitrogen and oxygen atoms in total. The third kappa shape index (κ3) is 2.98. The third-order valence-electron chi connectivity index (χ3n) is 2.43. The minimum Gasteiger partial charge on any atom is -0.507 e. The molecule has 98 valence electrons. The Labute approximate surface area is 105 Å². The molecule has 0 radical (unpaired) electrons. The molecule has 0 aliphatic heterocycles. The Morgan fingerprint density at radius 2 is 2.28 bits per heavy atom. The van der Waals surface area contributed by atoms with Crippen LogP contribution in [0.3, 0.4) is 0 Å². The first kappa shape index (κ1) is 14.0. The van der Waals surface area contributed by atoms with Crippen LogP contribution in [-0.2, 0) is 4.79 Å². The van der Waals surface area contributed by atoms with Crippen molar-refractivity contribution in [2.24, 2.45) is 5.73 Å². The second-order valence-corrected chi connectivity index (χ2v) is 3.60. The maximum atomic E-state index is 12.1. The zero-order valence-corrected chi connectivity index (χ0v) is 10.1. The molecule has 0 heterocycles. The Balaban J connectivity index is 3.04. The van der Waals surface area contributed by atoms with Crippen molar-refractivity contribution < 1.29 is 19.4 Å². The molecule has 0 aromatic heterocycles. The fourth-order valence-corrected chi connectivity index (χ4v) is 1.51. The van der Waals surface area contributed by atoms with Crippen molar-refractivity contribution >= 4 is 12.3 Å². The van der Waals surface area contributed by atoms with E-state index in [4.69, 9.17) is 10.5 Å². The number of nitrogens with two attached hydrogens (primary N) is 1. The van der Waals surface area contributed by atoms with Gasteiger partial charge in [0, 0.05) is 6.54 Å². The molecule has 3 N–H and O–H groups in total. The van der Waals surface area contributed by atoms with Crippen molar-refractivity contribution in [3.05, 3.63) is 23.8 Å². The average Bonchev–Trinajstić information content (AvgIpc) is 2.38. The Bertz CT molecular complexity index is 434. The number of benzene rings is 1. The summed E-state index contributed by atoms with van der Waals surface area (Å²) in [6.07, 6.45) is 0.921. The standard InChI is InChI=1S/C12H16N2O4/c1-18-10-5-2-4-9(16)11(10)12(17)14(8-15)7-3-6-13/h2,4-5,8,16H,3,6-7,13H2,1H3. The summed E-state index contributed by atoms with van der Waals surface area (Å²) in [5.41, 5.74) is 5.30. The van der Waals surface area contributed by atoms with E-state index in [2.05, 4.69) is 0 Å². The predicted molar refractivity (Wildman–Crippen MR) is 65.4 cm³/mol. The molecule has 0 saturated heterocycles. The maximum absolute atomic E-state index is 12.1. The van der Waals surface area contributed by atoms with Crippen LogP contribution in [0.2, 0.25) is 0 Å². The summed E-state index contributed by atoms with van der Waals surface area (Å²) in [6.45, 7) is 0.575. The number of phenolic OH excluding ortho intramolecular Hbond substituents is 1. The highest BCUT2D eigenvalue weighted by molar-refractivity contribution is 6.04. The van der Waals surface area contributed by atoms with Gasteiger partial charge in [-0.15, -0.1) is 0 Å². The van der Waals surface area contributed by atoms with Crippen molar-refractivity contribution in [1.82, 2.24) is 4.90 Å². The van der Waals surface area contributed by atoms with Crippen molar-refractivity contribution in [3.63, 3.8) is 0 Å². The molecule has 1 aromatic rings. The molecule has 1 aromatic carbocycles. The summed E-state index contributed by atoms with van der Waals surface area (Å²) >= 11 is 0. The predicted octanol–water partition coefficient (Wildman–Crippen LogP) is 0.348. The quantitative estimate of drug-likeness (QED) is 0.712. The van der Waals surface area contributed by atoms with Gasteiger partial charge in [0.2, 0.25) is 6.41 Å². The van der Waals surface area contributed by atoms with Gasteiger partial charge in [-0.25, -0.2) is 0 Å². The fourth-order valence-electron chi connectivity index (χ4n) is 1.51. The largest absolute Gasteiger partial charge is 0.507 e. The molecule has 18 heavy (non-hydrogen) atoms. The normalized spacial score (nSPS) is 9.89. The van der Waals surface area contributed by atoms with E-state index in [0.29, 0.717) is 19.4 Å². The molecule has 0 aliphatic rings. The lowest BCUT2D eigenvalue weighted by atomic mass is 10.1. The molecular formula is C12H16N2O4. The number of phenols is 1. The molecule has 2 amide bonds. The highest BCUT2D eigenvalue weighted by Gasteiger charge is 2.22. The van der Waals surface area contributed by atoms with Crippen molar-refractivity contribution in [3.8, 4) is 11.5 Å². The van der Waals surface area contributed by atoms with Gasteiger partial charge in [-0.2, -0.15) is 0 Å². The molecular weight excluding hydrogens is 236 g/mol. The molecule has 0 spiro atoms. The number of hydrogen-bond donors (Lipinski definition) is 2. The van der Waals surface area contributed by atoms with Gasteiger partial charge >= 0.3 is 0 Å². The van der Waals surface area contributed by atoms with Gasteiger partial charge in [0.05, 0.1) is 7.11 Å². The number of amides is 2. The highest BCUT2D eigenvalue weighted by Crippen LogP contribution is 2.28. The summed E-state index contributed by atoms with van der Waals surface area (Å²) in [5, 5.41) is 9.69. The van der Waals surface area contributed by atoms with Crippen molar-refractivity contribution in [2.45, 2.75) is 6.42 Å². The van der Waals surface area contributed by atoms with Crippen LogP contribution in [0.1, 0.15) is 16.8 Å². The summed E-state index contributed by atoms with van der Waals surface area (Å²) in [5.74, 6) is -0.605. The van der Waals surface area contributed by atoms with Crippen molar-refractivity contribution in [1.29, 1.82) is 0 Å². The lowest BCUT2D eigenvalue weighted by molar-refractivity contribution is -0.116. The van der Waals surface area contributed by atoms with Gasteiger partial charge in [-0.3, -0.25) is 14.5 Å². The first-order valence-corrected chi connectivity index (χ1v) is 5.48. The van der Waals surface area contributed by atoms with Gasteiger partial charge in [-0.05, 0) is 25.1 Å². The second kappa shape index (κ2) is 6.61. The van der Waals surface area contributed by atoms with E-state index in [9.17, 15) is 14.7 Å². The number of aromatic hydroxyl groups is 1. The monoisotopic (exact) mass is 252 g/mol. The lowest BCUT2D eigenvalue weighted by Gasteiger charge is -2.17. The van der Waals surface area contributed by atoms with E-state index in [0.717, 1.165) is 4.90 Å². The smallest absolute Gasteiger partial charge is 0.267 e. The van der Waals surface area contributed by atoms with E-state index in [1.165, 1.54) is 13.2 Å². The van der Waals surface area contributed by atoms with Crippen LogP contribution in [0.15, 0.2) is 18.2 Å². The van der Waals surface area contributed by atoms with Gasteiger partial charge in [0.15, 0.2) is 0 Å². The third-order valence-corrected chi connectivity index (χ3v) is 2.43. The van der Waals surface area contributed by atoms with E-state index in [1.807, 2.05) is 0 Å². The van der Waals surface area contributed by atoms with Gasteiger partial charge in [-0.1, -0.05) is 6.07 Å². The number of ether oxygens (including phenoxy) is 1. The molecule has 0 aliphatic carbocycles.